The molecule has 1 aromatic carbocycles. The van der Waals surface area contributed by atoms with Crippen LogP contribution in [0.3, 0.4) is 0 Å². The van der Waals surface area contributed by atoms with Gasteiger partial charge >= 0.3 is 0 Å². The zero-order valence-electron chi connectivity index (χ0n) is 15.3. The van der Waals surface area contributed by atoms with Crippen molar-refractivity contribution in [1.29, 1.82) is 0 Å². The van der Waals surface area contributed by atoms with Crippen LogP contribution in [0.4, 0.5) is 5.82 Å². The summed E-state index contributed by atoms with van der Waals surface area (Å²) in [5, 5.41) is 7.12. The predicted molar refractivity (Wildman–Crippen MR) is 106 cm³/mol. The third-order valence-corrected chi connectivity index (χ3v) is 4.97. The number of fused-ring (bicyclic) bond motifs is 2. The highest BCUT2D eigenvalue weighted by Crippen LogP contribution is 2.39. The lowest BCUT2D eigenvalue weighted by molar-refractivity contribution is 0.366. The number of rotatable bonds is 2. The lowest BCUT2D eigenvalue weighted by atomic mass is 10.1. The van der Waals surface area contributed by atoms with Crippen LogP contribution < -0.4 is 5.73 Å². The molecule has 0 saturated carbocycles. The molecule has 3 heterocycles. The number of benzene rings is 1. The zero-order valence-corrected chi connectivity index (χ0v) is 16.0. The van der Waals surface area contributed by atoms with Gasteiger partial charge in [-0.25, -0.2) is 14.6 Å². The minimum Gasteiger partial charge on any atom is -0.383 e. The summed E-state index contributed by atoms with van der Waals surface area (Å²) in [7, 11) is 0. The Bertz CT molecular complexity index is 1130. The van der Waals surface area contributed by atoms with E-state index in [0.29, 0.717) is 27.6 Å². The molecule has 6 nitrogen and oxygen atoms in total. The Morgan fingerprint density at radius 2 is 2.00 bits per heavy atom. The first-order valence-corrected chi connectivity index (χ1v) is 8.99. The topological polar surface area (TPSA) is 85.4 Å². The molecule has 0 radical (unpaired) electrons. The number of nitrogens with zero attached hydrogens (tertiary/aromatic N) is 4. The normalized spacial score (nSPS) is 12.3. The number of anilines is 1. The molecular weight excluding hydrogens is 348 g/mol. The van der Waals surface area contributed by atoms with Gasteiger partial charge < -0.3 is 10.7 Å². The largest absolute Gasteiger partial charge is 0.383 e. The van der Waals surface area contributed by atoms with Crippen molar-refractivity contribution in [2.45, 2.75) is 39.7 Å². The van der Waals surface area contributed by atoms with E-state index in [-0.39, 0.29) is 5.54 Å². The van der Waals surface area contributed by atoms with Crippen molar-refractivity contribution in [3.63, 3.8) is 0 Å². The number of aromatic amines is 1. The Morgan fingerprint density at radius 1 is 1.23 bits per heavy atom. The number of H-pyrrole nitrogens is 1. The molecule has 0 saturated heterocycles. The van der Waals surface area contributed by atoms with Crippen LogP contribution in [-0.4, -0.2) is 24.7 Å². The van der Waals surface area contributed by atoms with E-state index in [4.69, 9.17) is 22.4 Å². The summed E-state index contributed by atoms with van der Waals surface area (Å²) in [5.41, 5.74) is 10.3. The van der Waals surface area contributed by atoms with Gasteiger partial charge in [0.05, 0.1) is 21.6 Å². The first-order valence-electron chi connectivity index (χ1n) is 8.61. The van der Waals surface area contributed by atoms with Crippen molar-refractivity contribution in [2.75, 3.05) is 5.73 Å². The lowest BCUT2D eigenvalue weighted by Crippen LogP contribution is -2.23. The number of nitrogens with two attached hydrogens (primary N) is 1. The van der Waals surface area contributed by atoms with Gasteiger partial charge in [0, 0.05) is 10.9 Å². The second-order valence-electron chi connectivity index (χ2n) is 7.44. The number of hydrogen-bond acceptors (Lipinski definition) is 4. The number of aromatic nitrogens is 5. The van der Waals surface area contributed by atoms with Gasteiger partial charge in [-0.2, -0.15) is 5.10 Å². The molecule has 7 heteroatoms. The number of nitrogen functional groups attached to an aromatic ring is 1. The number of hydrogen-bond donors (Lipinski definition) is 2. The van der Waals surface area contributed by atoms with E-state index >= 15 is 0 Å². The van der Waals surface area contributed by atoms with Gasteiger partial charge in [0.25, 0.3) is 0 Å². The third-order valence-electron chi connectivity index (χ3n) is 4.57. The van der Waals surface area contributed by atoms with Crippen molar-refractivity contribution in [2.24, 2.45) is 0 Å². The Hall–Kier alpha value is -2.60. The Labute approximate surface area is 156 Å². The molecule has 3 N–H and O–H groups in total. The minimum atomic E-state index is -0.259. The first kappa shape index (κ1) is 16.8. The van der Waals surface area contributed by atoms with Gasteiger partial charge in [-0.3, -0.25) is 0 Å². The van der Waals surface area contributed by atoms with Gasteiger partial charge in [0.15, 0.2) is 5.65 Å². The highest BCUT2D eigenvalue weighted by atomic mass is 35.5. The lowest BCUT2D eigenvalue weighted by Gasteiger charge is -2.19. The van der Waals surface area contributed by atoms with Crippen molar-refractivity contribution >= 4 is 39.4 Å². The van der Waals surface area contributed by atoms with E-state index < -0.39 is 0 Å². The smallest absolute Gasteiger partial charge is 0.164 e. The maximum Gasteiger partial charge on any atom is 0.164 e. The van der Waals surface area contributed by atoms with E-state index in [2.05, 4.69) is 54.8 Å². The standard InChI is InChI=1S/C19H21ClN6/c1-5-10-6-7-11-12(8-10)24-16(14(11)20)15-13-17(21)22-9-23-18(13)26(25-15)19(2,3)4/h6-9,24H,5H2,1-4H3,(H2,21,22,23). The summed E-state index contributed by atoms with van der Waals surface area (Å²) >= 11 is 6.70. The van der Waals surface area contributed by atoms with Crippen LogP contribution in [0.5, 0.6) is 0 Å². The van der Waals surface area contributed by atoms with E-state index in [1.807, 2.05) is 10.7 Å². The molecule has 4 rings (SSSR count). The summed E-state index contributed by atoms with van der Waals surface area (Å²) < 4.78 is 1.87. The highest BCUT2D eigenvalue weighted by molar-refractivity contribution is 6.38. The molecule has 0 unspecified atom stereocenters. The van der Waals surface area contributed by atoms with Crippen LogP contribution in [0.2, 0.25) is 5.02 Å². The summed E-state index contributed by atoms with van der Waals surface area (Å²) in [5.74, 6) is 0.393. The van der Waals surface area contributed by atoms with E-state index in [1.165, 1.54) is 11.9 Å². The summed E-state index contributed by atoms with van der Waals surface area (Å²) in [6, 6.07) is 6.25. The Morgan fingerprint density at radius 3 is 2.69 bits per heavy atom. The average molecular weight is 369 g/mol. The molecule has 26 heavy (non-hydrogen) atoms. The second-order valence-corrected chi connectivity index (χ2v) is 7.81. The van der Waals surface area contributed by atoms with E-state index in [9.17, 15) is 0 Å². The van der Waals surface area contributed by atoms with Gasteiger partial charge in [0.2, 0.25) is 0 Å². The third kappa shape index (κ3) is 2.44. The fourth-order valence-electron chi connectivity index (χ4n) is 3.21. The molecule has 0 atom stereocenters. The second kappa shape index (κ2) is 5.71. The molecule has 0 bridgehead atoms. The zero-order chi connectivity index (χ0) is 18.6. The molecule has 134 valence electrons. The van der Waals surface area contributed by atoms with Crippen LogP contribution in [-0.2, 0) is 12.0 Å². The van der Waals surface area contributed by atoms with Crippen molar-refractivity contribution < 1.29 is 0 Å². The summed E-state index contributed by atoms with van der Waals surface area (Å²) in [4.78, 5) is 12.0. The summed E-state index contributed by atoms with van der Waals surface area (Å²) in [6.45, 7) is 8.34. The predicted octanol–water partition coefficient (Wildman–Crippen LogP) is 4.53. The van der Waals surface area contributed by atoms with Crippen LogP contribution >= 0.6 is 11.6 Å². The van der Waals surface area contributed by atoms with Crippen LogP contribution in [0.1, 0.15) is 33.3 Å². The summed E-state index contributed by atoms with van der Waals surface area (Å²) in [6.07, 6.45) is 2.43. The SMILES string of the molecule is CCc1ccc2c(Cl)c(-c3nn(C(C)(C)C)c4ncnc(N)c34)[nH]c2c1. The van der Waals surface area contributed by atoms with Crippen LogP contribution in [0.25, 0.3) is 33.3 Å². The Balaban J connectivity index is 2.06. The fraction of sp³-hybridized carbons (Fsp3) is 0.316. The molecule has 0 aliphatic heterocycles. The number of nitrogens with one attached hydrogen (secondary N) is 1. The van der Waals surface area contributed by atoms with E-state index in [1.54, 1.807) is 0 Å². The molecule has 0 aliphatic carbocycles. The van der Waals surface area contributed by atoms with Gasteiger partial charge in [-0.05, 0) is 38.8 Å². The number of halogens is 1. The van der Waals surface area contributed by atoms with Gasteiger partial charge in [-0.1, -0.05) is 30.7 Å². The quantitative estimate of drug-likeness (QED) is 0.544. The molecule has 0 fully saturated rings. The minimum absolute atomic E-state index is 0.259. The highest BCUT2D eigenvalue weighted by Gasteiger charge is 2.26. The van der Waals surface area contributed by atoms with Gasteiger partial charge in [-0.15, -0.1) is 0 Å². The van der Waals surface area contributed by atoms with Crippen molar-refractivity contribution in [3.8, 4) is 11.4 Å². The maximum absolute atomic E-state index is 6.70. The Kier molecular flexibility index (Phi) is 3.70. The molecular formula is C19H21ClN6. The molecule has 0 amide bonds. The molecule has 0 spiro atoms. The monoisotopic (exact) mass is 368 g/mol. The fourth-order valence-corrected chi connectivity index (χ4v) is 3.51. The molecule has 4 aromatic rings. The van der Waals surface area contributed by atoms with Crippen molar-refractivity contribution in [1.82, 2.24) is 24.7 Å². The van der Waals surface area contributed by atoms with Gasteiger partial charge in [0.1, 0.15) is 17.8 Å². The molecule has 3 aromatic heterocycles. The maximum atomic E-state index is 6.70. The first-order chi connectivity index (χ1) is 12.3. The van der Waals surface area contributed by atoms with E-state index in [0.717, 1.165) is 23.0 Å². The van der Waals surface area contributed by atoms with Crippen molar-refractivity contribution in [3.05, 3.63) is 35.1 Å². The van der Waals surface area contributed by atoms with Crippen LogP contribution in [0, 0.1) is 0 Å². The number of aryl methyl sites for hydroxylation is 1. The average Bonchev–Trinajstić information content (AvgIpc) is 3.13. The van der Waals surface area contributed by atoms with Crippen LogP contribution in [0.15, 0.2) is 24.5 Å². The molecule has 0 aliphatic rings.